The van der Waals surface area contributed by atoms with Crippen LogP contribution < -0.4 is 11.1 Å². The van der Waals surface area contributed by atoms with Crippen LogP contribution in [-0.2, 0) is 20.7 Å². The average Bonchev–Trinajstić information content (AvgIpc) is 2.97. The number of ketones is 1. The predicted molar refractivity (Wildman–Crippen MR) is 154 cm³/mol. The molecule has 3 heterocycles. The van der Waals surface area contributed by atoms with E-state index in [-0.39, 0.29) is 59.5 Å². The first-order valence-electron chi connectivity index (χ1n) is 14.5. The molecule has 220 valence electrons. The number of benzene rings is 2. The lowest BCUT2D eigenvalue weighted by Gasteiger charge is -2.38. The summed E-state index contributed by atoms with van der Waals surface area (Å²) in [4.78, 5) is 41.1. The molecule has 2 unspecified atom stereocenters. The number of primary amides is 1. The van der Waals surface area contributed by atoms with Crippen LogP contribution in [0.5, 0.6) is 5.75 Å². The maximum atomic E-state index is 13.9. The lowest BCUT2D eigenvalue weighted by molar-refractivity contribution is -0.115. The van der Waals surface area contributed by atoms with Gasteiger partial charge >= 0.3 is 0 Å². The topological polar surface area (TPSA) is 151 Å². The van der Waals surface area contributed by atoms with Crippen LogP contribution in [0.4, 0.5) is 0 Å². The first-order valence-corrected chi connectivity index (χ1v) is 14.5. The van der Waals surface area contributed by atoms with Crippen molar-refractivity contribution in [1.29, 1.82) is 0 Å². The van der Waals surface area contributed by atoms with E-state index in [4.69, 9.17) is 15.2 Å². The van der Waals surface area contributed by atoms with Gasteiger partial charge in [0.25, 0.3) is 5.91 Å². The Balaban J connectivity index is 1.27. The third-order valence-electron chi connectivity index (χ3n) is 8.70. The molecule has 0 spiro atoms. The van der Waals surface area contributed by atoms with Gasteiger partial charge in [-0.05, 0) is 60.1 Å². The van der Waals surface area contributed by atoms with Gasteiger partial charge in [0.05, 0.1) is 24.4 Å². The van der Waals surface area contributed by atoms with Crippen molar-refractivity contribution in [2.75, 3.05) is 39.4 Å². The molecule has 10 heteroatoms. The maximum absolute atomic E-state index is 13.9. The normalized spacial score (nSPS) is 24.1. The number of ether oxygens (including phenoxy) is 2. The quantitative estimate of drug-likeness (QED) is 0.412. The Morgan fingerprint density at radius 1 is 1.07 bits per heavy atom. The van der Waals surface area contributed by atoms with Crippen molar-refractivity contribution in [3.63, 3.8) is 0 Å². The molecule has 10 nitrogen and oxygen atoms in total. The minimum absolute atomic E-state index is 0.0593. The van der Waals surface area contributed by atoms with E-state index >= 15 is 0 Å². The highest BCUT2D eigenvalue weighted by Gasteiger charge is 2.42. The zero-order chi connectivity index (χ0) is 29.4. The predicted octanol–water partition coefficient (Wildman–Crippen LogP) is 3.00. The van der Waals surface area contributed by atoms with Crippen LogP contribution >= 0.6 is 0 Å². The second kappa shape index (κ2) is 11.6. The molecule has 1 fully saturated rings. The molecule has 4 aliphatic rings. The van der Waals surface area contributed by atoms with Crippen LogP contribution in [0.15, 0.2) is 59.1 Å². The number of rotatable bonds is 6. The maximum Gasteiger partial charge on any atom is 0.251 e. The number of phenolic OH excluding ortho intramolecular Hbond substituents is 1. The molecule has 2 atom stereocenters. The zero-order valence-corrected chi connectivity index (χ0v) is 23.4. The Labute approximate surface area is 243 Å². The molecule has 0 aromatic heterocycles. The number of aliphatic hydroxyl groups is 1. The van der Waals surface area contributed by atoms with Gasteiger partial charge in [0.2, 0.25) is 5.91 Å². The van der Waals surface area contributed by atoms with Crippen molar-refractivity contribution >= 4 is 17.6 Å². The highest BCUT2D eigenvalue weighted by atomic mass is 16.5. The number of nitrogens with one attached hydrogen (secondary N) is 1. The van der Waals surface area contributed by atoms with Gasteiger partial charge < -0.3 is 30.7 Å². The monoisotopic (exact) mass is 573 g/mol. The first kappa shape index (κ1) is 28.0. The van der Waals surface area contributed by atoms with E-state index in [1.807, 2.05) is 18.2 Å². The zero-order valence-electron chi connectivity index (χ0n) is 23.4. The number of carbonyl (C=O) groups excluding carboxylic acids is 3. The number of amides is 2. The van der Waals surface area contributed by atoms with Gasteiger partial charge in [-0.1, -0.05) is 18.2 Å². The Bertz CT molecular complexity index is 1510. The van der Waals surface area contributed by atoms with E-state index in [0.717, 1.165) is 36.3 Å². The molecular weight excluding hydrogens is 538 g/mol. The van der Waals surface area contributed by atoms with E-state index in [9.17, 15) is 24.6 Å². The number of fused-ring (bicyclic) bond motifs is 4. The molecular formula is C32H35N3O7. The van der Waals surface area contributed by atoms with Gasteiger partial charge in [0, 0.05) is 50.2 Å². The molecule has 42 heavy (non-hydrogen) atoms. The fraction of sp³-hybridized carbons (Fsp3) is 0.406. The van der Waals surface area contributed by atoms with E-state index in [1.165, 1.54) is 6.07 Å². The van der Waals surface area contributed by atoms with E-state index in [1.54, 1.807) is 12.1 Å². The highest BCUT2D eigenvalue weighted by Crippen LogP contribution is 2.47. The van der Waals surface area contributed by atoms with Gasteiger partial charge in [-0.3, -0.25) is 19.3 Å². The SMILES string of the molecule is NC(=O)/C1=C(\O)CC2CC3Cc4c(-c5cccc(C(=O)NCCN6CCOCC6)c5)ccc(O)c4C(=O)C3=C(CC1)O2. The number of nitrogens with zero attached hydrogens (tertiary/aromatic N) is 1. The minimum Gasteiger partial charge on any atom is -0.512 e. The molecule has 2 amide bonds. The lowest BCUT2D eigenvalue weighted by Crippen LogP contribution is -2.41. The largest absolute Gasteiger partial charge is 0.512 e. The van der Waals surface area contributed by atoms with Gasteiger partial charge in [-0.25, -0.2) is 0 Å². The Morgan fingerprint density at radius 2 is 1.88 bits per heavy atom. The standard InChI is InChI=1S/C32H35N3O7/c33-31(39)23-5-7-27-28-20(15-21(42-27)17-26(23)37)16-24-22(4-6-25(36)29(24)30(28)38)18-2-1-3-19(14-18)32(40)34-8-9-35-10-12-41-13-11-35/h1-4,6,14,20-21,36-37H,5,7-13,15-17H2,(H2,33,39)(H,34,40)/b26-23-. The molecule has 5 N–H and O–H groups in total. The summed E-state index contributed by atoms with van der Waals surface area (Å²) in [5.74, 6) is -0.978. The number of aromatic hydroxyl groups is 1. The molecule has 0 saturated carbocycles. The summed E-state index contributed by atoms with van der Waals surface area (Å²) in [6.07, 6.45) is 1.14. The number of Topliss-reactive ketones (excluding diaryl/α,β-unsaturated/α-hetero) is 1. The number of phenols is 1. The average molecular weight is 574 g/mol. The van der Waals surface area contributed by atoms with Crippen LogP contribution in [0.25, 0.3) is 11.1 Å². The molecule has 2 aromatic carbocycles. The fourth-order valence-electron chi connectivity index (χ4n) is 6.61. The molecule has 1 aliphatic carbocycles. The summed E-state index contributed by atoms with van der Waals surface area (Å²) in [5.41, 5.74) is 9.22. The molecule has 1 saturated heterocycles. The van der Waals surface area contributed by atoms with Crippen LogP contribution in [0.2, 0.25) is 0 Å². The van der Waals surface area contributed by atoms with Crippen LogP contribution in [0.3, 0.4) is 0 Å². The van der Waals surface area contributed by atoms with E-state index in [0.29, 0.717) is 49.5 Å². The molecule has 3 aliphatic heterocycles. The second-order valence-electron chi connectivity index (χ2n) is 11.3. The van der Waals surface area contributed by atoms with Gasteiger partial charge in [-0.15, -0.1) is 0 Å². The van der Waals surface area contributed by atoms with Crippen LogP contribution in [0.1, 0.15) is 52.0 Å². The number of carbonyl (C=O) groups is 3. The first-order chi connectivity index (χ1) is 20.3. The summed E-state index contributed by atoms with van der Waals surface area (Å²) in [6, 6.07) is 10.6. The Kier molecular flexibility index (Phi) is 7.74. The third-order valence-corrected chi connectivity index (χ3v) is 8.70. The van der Waals surface area contributed by atoms with Crippen molar-refractivity contribution in [1.82, 2.24) is 10.2 Å². The van der Waals surface area contributed by atoms with Crippen molar-refractivity contribution in [2.24, 2.45) is 11.7 Å². The molecule has 2 aromatic rings. The lowest BCUT2D eigenvalue weighted by atomic mass is 9.71. The smallest absolute Gasteiger partial charge is 0.251 e. The summed E-state index contributed by atoms with van der Waals surface area (Å²) in [5, 5.41) is 24.4. The van der Waals surface area contributed by atoms with Crippen molar-refractivity contribution < 1.29 is 34.1 Å². The summed E-state index contributed by atoms with van der Waals surface area (Å²) in [6.45, 7) is 4.41. The van der Waals surface area contributed by atoms with Gasteiger partial charge in [-0.2, -0.15) is 0 Å². The Hall–Kier alpha value is -4.15. The van der Waals surface area contributed by atoms with Crippen molar-refractivity contribution in [3.8, 4) is 16.9 Å². The minimum atomic E-state index is -0.676. The van der Waals surface area contributed by atoms with Crippen LogP contribution in [-0.4, -0.2) is 78.2 Å². The molecule has 2 bridgehead atoms. The van der Waals surface area contributed by atoms with Crippen molar-refractivity contribution in [3.05, 3.63) is 75.8 Å². The van der Waals surface area contributed by atoms with E-state index in [2.05, 4.69) is 10.2 Å². The number of morpholine rings is 1. The van der Waals surface area contributed by atoms with Crippen molar-refractivity contribution in [2.45, 2.75) is 38.2 Å². The van der Waals surface area contributed by atoms with Gasteiger partial charge in [0.1, 0.15) is 23.4 Å². The highest BCUT2D eigenvalue weighted by molar-refractivity contribution is 6.14. The number of nitrogens with two attached hydrogens (primary N) is 1. The van der Waals surface area contributed by atoms with Crippen LogP contribution in [0, 0.1) is 5.92 Å². The third kappa shape index (κ3) is 5.39. The van der Waals surface area contributed by atoms with E-state index < -0.39 is 12.0 Å². The van der Waals surface area contributed by atoms with Gasteiger partial charge in [0.15, 0.2) is 5.78 Å². The fourth-order valence-corrected chi connectivity index (χ4v) is 6.61. The summed E-state index contributed by atoms with van der Waals surface area (Å²) >= 11 is 0. The number of hydrogen-bond acceptors (Lipinski definition) is 8. The second-order valence-corrected chi connectivity index (χ2v) is 11.3. The number of allylic oxidation sites excluding steroid dienone is 2. The Morgan fingerprint density at radius 3 is 2.67 bits per heavy atom. The summed E-state index contributed by atoms with van der Waals surface area (Å²) in [7, 11) is 0. The summed E-state index contributed by atoms with van der Waals surface area (Å²) < 4.78 is 11.5. The number of aliphatic hydroxyl groups excluding tert-OH is 1. The molecule has 0 radical (unpaired) electrons. The molecule has 6 rings (SSSR count). The number of hydrogen-bond donors (Lipinski definition) is 4.